The monoisotopic (exact) mass is 486 g/mol. The number of anilines is 2. The Labute approximate surface area is 212 Å². The van der Waals surface area contributed by atoms with Crippen LogP contribution in [0, 0.1) is 18.8 Å². The van der Waals surface area contributed by atoms with Crippen molar-refractivity contribution in [1.82, 2.24) is 20.3 Å². The Morgan fingerprint density at radius 3 is 2.39 bits per heavy atom. The Bertz CT molecular complexity index is 1080. The molecule has 2 saturated heterocycles. The molecule has 13 heteroatoms. The molecule has 2 aromatic heterocycles. The molecule has 3 aliphatic rings. The van der Waals surface area contributed by atoms with Gasteiger partial charge in [0.2, 0.25) is 5.95 Å². The molecule has 0 radical (unpaired) electrons. The van der Waals surface area contributed by atoms with Gasteiger partial charge in [-0.3, -0.25) is 4.79 Å². The molecule has 4 heterocycles. The van der Waals surface area contributed by atoms with Gasteiger partial charge >= 0.3 is 18.9 Å². The average Bonchev–Trinajstić information content (AvgIpc) is 3.11. The average molecular weight is 487 g/mol. The van der Waals surface area contributed by atoms with E-state index in [1.807, 2.05) is 9.80 Å². The van der Waals surface area contributed by atoms with Crippen LogP contribution in [0.4, 0.5) is 11.8 Å². The van der Waals surface area contributed by atoms with Crippen LogP contribution in [0.2, 0.25) is 10.0 Å². The molecular formula is C20H21Cl2LiN6O4. The van der Waals surface area contributed by atoms with E-state index >= 15 is 0 Å². The summed E-state index contributed by atoms with van der Waals surface area (Å²) in [5.74, 6) is -0.215. The number of carboxylic acid groups (broad SMARTS) is 1. The Kier molecular flexibility index (Phi) is 6.85. The predicted molar refractivity (Wildman–Crippen MR) is 115 cm³/mol. The number of aromatic nitrogens is 3. The summed E-state index contributed by atoms with van der Waals surface area (Å²) in [5, 5.41) is 15.1. The number of ether oxygens (including phenoxy) is 1. The standard InChI is InChI=1S/C20H22Cl2N6O4.Li/c1-9-14(21)15(22)17(23-9)18(29)26-16-10-7-28(8-11(10)16)13-6-12(19(30)31)24-20(25-13)27-2-4-32-5-3-27;/h6,10-11,16,23H,2-5,7-8H2,1H3,(H,26,29)(H,30,31);/q;+1/p-1/t10-,11+,16-;. The van der Waals surface area contributed by atoms with Crippen molar-refractivity contribution in [2.45, 2.75) is 13.0 Å². The molecule has 2 aromatic rings. The summed E-state index contributed by atoms with van der Waals surface area (Å²) in [7, 11) is 0. The van der Waals surface area contributed by atoms with Crippen LogP contribution < -0.4 is 39.1 Å². The number of hydrogen-bond acceptors (Lipinski definition) is 8. The first kappa shape index (κ1) is 24.2. The summed E-state index contributed by atoms with van der Waals surface area (Å²) in [5.41, 5.74) is 0.767. The van der Waals surface area contributed by atoms with Gasteiger partial charge in [0.25, 0.3) is 5.91 Å². The van der Waals surface area contributed by atoms with Gasteiger partial charge in [0.1, 0.15) is 11.5 Å². The topological polar surface area (TPSA) is 127 Å². The fourth-order valence-corrected chi connectivity index (χ4v) is 4.89. The molecule has 3 fully saturated rings. The maximum atomic E-state index is 12.6. The van der Waals surface area contributed by atoms with E-state index in [1.165, 1.54) is 6.07 Å². The fraction of sp³-hybridized carbons (Fsp3) is 0.500. The number of piperidine rings is 1. The van der Waals surface area contributed by atoms with Crippen molar-refractivity contribution in [1.29, 1.82) is 0 Å². The smallest absolute Gasteiger partial charge is 0.543 e. The van der Waals surface area contributed by atoms with Crippen LogP contribution in [0.1, 0.15) is 26.7 Å². The van der Waals surface area contributed by atoms with Crippen LogP contribution in [-0.2, 0) is 4.74 Å². The predicted octanol–water partition coefficient (Wildman–Crippen LogP) is -2.51. The zero-order valence-electron chi connectivity index (χ0n) is 18.2. The third-order valence-corrected chi connectivity index (χ3v) is 7.25. The van der Waals surface area contributed by atoms with Gasteiger partial charge in [-0.15, -0.1) is 0 Å². The van der Waals surface area contributed by atoms with Gasteiger partial charge in [0, 0.05) is 55.8 Å². The van der Waals surface area contributed by atoms with Crippen molar-refractivity contribution in [3.8, 4) is 0 Å². The van der Waals surface area contributed by atoms with Crippen molar-refractivity contribution in [3.05, 3.63) is 33.2 Å². The van der Waals surface area contributed by atoms with E-state index in [-0.39, 0.29) is 59.1 Å². The normalized spacial score (nSPS) is 23.7. The summed E-state index contributed by atoms with van der Waals surface area (Å²) in [6.07, 6.45) is 0. The van der Waals surface area contributed by atoms with Gasteiger partial charge in [-0.05, 0) is 6.92 Å². The molecule has 1 saturated carbocycles. The van der Waals surface area contributed by atoms with E-state index in [0.717, 1.165) is 0 Å². The number of H-pyrrole nitrogens is 1. The van der Waals surface area contributed by atoms with E-state index in [1.54, 1.807) is 6.92 Å². The number of halogens is 2. The molecule has 5 rings (SSSR count). The molecular weight excluding hydrogens is 466 g/mol. The number of aromatic amines is 1. The van der Waals surface area contributed by atoms with Crippen LogP contribution in [0.3, 0.4) is 0 Å². The largest absolute Gasteiger partial charge is 1.00 e. The van der Waals surface area contributed by atoms with Crippen molar-refractivity contribution < 1.29 is 38.3 Å². The number of fused-ring (bicyclic) bond motifs is 1. The summed E-state index contributed by atoms with van der Waals surface area (Å²) in [6.45, 7) is 5.33. The third-order valence-electron chi connectivity index (χ3n) is 6.30. The van der Waals surface area contributed by atoms with E-state index < -0.39 is 5.97 Å². The number of hydrogen-bond donors (Lipinski definition) is 2. The van der Waals surface area contributed by atoms with Crippen molar-refractivity contribution >= 4 is 46.8 Å². The van der Waals surface area contributed by atoms with Crippen LogP contribution in [0.25, 0.3) is 0 Å². The number of aryl methyl sites for hydroxylation is 1. The molecule has 0 bridgehead atoms. The second-order valence-corrected chi connectivity index (χ2v) is 9.04. The van der Waals surface area contributed by atoms with Crippen molar-refractivity contribution in [3.63, 3.8) is 0 Å². The number of carbonyl (C=O) groups excluding carboxylic acids is 2. The van der Waals surface area contributed by atoms with E-state index in [9.17, 15) is 14.7 Å². The third kappa shape index (κ3) is 4.55. The zero-order chi connectivity index (χ0) is 22.6. The molecule has 1 aliphatic carbocycles. The van der Waals surface area contributed by atoms with Crippen LogP contribution in [0.5, 0.6) is 0 Å². The second-order valence-electron chi connectivity index (χ2n) is 8.28. The number of amides is 1. The molecule has 2 N–H and O–H groups in total. The molecule has 10 nitrogen and oxygen atoms in total. The number of morpholine rings is 1. The van der Waals surface area contributed by atoms with E-state index in [4.69, 9.17) is 27.9 Å². The number of carboxylic acids is 1. The van der Waals surface area contributed by atoms with Crippen LogP contribution in [-0.4, -0.2) is 72.3 Å². The van der Waals surface area contributed by atoms with Gasteiger partial charge in [0.05, 0.1) is 34.9 Å². The molecule has 170 valence electrons. The Hall–Kier alpha value is -1.96. The Balaban J connectivity index is 0.00000259. The van der Waals surface area contributed by atoms with Crippen molar-refractivity contribution in [2.75, 3.05) is 49.2 Å². The van der Waals surface area contributed by atoms with Crippen LogP contribution in [0.15, 0.2) is 6.07 Å². The fourth-order valence-electron chi connectivity index (χ4n) is 4.47. The maximum Gasteiger partial charge on any atom is 1.00 e. The minimum absolute atomic E-state index is 0. The quantitative estimate of drug-likeness (QED) is 0.443. The van der Waals surface area contributed by atoms with Crippen molar-refractivity contribution in [2.24, 2.45) is 11.8 Å². The molecule has 0 aromatic carbocycles. The SMILES string of the molecule is Cc1[nH]c(C(=O)N[C@@H]2[C@@H]3CN(c4cc(C(=O)[O-])nc(N5CCOCC5)n4)C[C@@H]32)c(Cl)c1Cl.[Li+]. The van der Waals surface area contributed by atoms with Gasteiger partial charge in [-0.2, -0.15) is 4.98 Å². The van der Waals surface area contributed by atoms with Gasteiger partial charge in [-0.1, -0.05) is 23.2 Å². The number of aromatic carboxylic acids is 1. The second kappa shape index (κ2) is 9.35. The molecule has 3 atom stereocenters. The van der Waals surface area contributed by atoms with Gasteiger partial charge < -0.3 is 34.7 Å². The number of nitrogens with zero attached hydrogens (tertiary/aromatic N) is 4. The zero-order valence-corrected chi connectivity index (χ0v) is 19.7. The first-order valence-corrected chi connectivity index (χ1v) is 11.1. The molecule has 0 unspecified atom stereocenters. The number of carbonyl (C=O) groups is 2. The number of rotatable bonds is 5. The molecule has 2 aliphatic heterocycles. The van der Waals surface area contributed by atoms with Gasteiger partial charge in [0.15, 0.2) is 0 Å². The first-order valence-electron chi connectivity index (χ1n) is 10.4. The minimum Gasteiger partial charge on any atom is -0.543 e. The van der Waals surface area contributed by atoms with E-state index in [0.29, 0.717) is 61.9 Å². The Morgan fingerprint density at radius 1 is 1.15 bits per heavy atom. The minimum atomic E-state index is -1.34. The first-order chi connectivity index (χ1) is 15.3. The summed E-state index contributed by atoms with van der Waals surface area (Å²) < 4.78 is 5.35. The Morgan fingerprint density at radius 2 is 1.82 bits per heavy atom. The molecule has 1 amide bonds. The number of nitrogens with one attached hydrogen (secondary N) is 2. The summed E-state index contributed by atoms with van der Waals surface area (Å²) in [6, 6.07) is 1.47. The molecule has 33 heavy (non-hydrogen) atoms. The van der Waals surface area contributed by atoms with Crippen LogP contribution >= 0.6 is 23.2 Å². The molecule has 0 spiro atoms. The summed E-state index contributed by atoms with van der Waals surface area (Å²) in [4.78, 5) is 39.7. The maximum absolute atomic E-state index is 12.6. The van der Waals surface area contributed by atoms with Gasteiger partial charge in [-0.25, -0.2) is 4.98 Å². The summed E-state index contributed by atoms with van der Waals surface area (Å²) >= 11 is 12.2. The van der Waals surface area contributed by atoms with E-state index in [2.05, 4.69) is 20.3 Å².